The molecule has 23 heteroatoms. The number of nitrogens with one attached hydrogen (secondary N) is 3. The van der Waals surface area contributed by atoms with E-state index in [9.17, 15) is 54.0 Å². The van der Waals surface area contributed by atoms with Gasteiger partial charge in [0.25, 0.3) is 17.7 Å². The minimum Gasteiger partial charge on any atom is -0.550 e. The average molecular weight is 1870 g/mol. The summed E-state index contributed by atoms with van der Waals surface area (Å²) in [5.74, 6) is 5.34. The summed E-state index contributed by atoms with van der Waals surface area (Å²) in [5.41, 5.74) is 9.57. The number of allylic oxidation sites excluding steroid dienone is 8. The number of carboxylic acid groups (broad SMARTS) is 2. The Morgan fingerprint density at radius 3 is 1.01 bits per heavy atom. The quantitative estimate of drug-likeness (QED) is 0.00900. The minimum atomic E-state index is -1.000. The first kappa shape index (κ1) is 94.4. The molecular formula is C93H123AcN4NaO14S3. The number of phenolic OH excluding ortho intramolecular Hbond substituents is 3. The Morgan fingerprint density at radius 1 is 0.440 bits per heavy atom. The van der Waals surface area contributed by atoms with Crippen LogP contribution in [-0.4, -0.2) is 100 Å². The number of hydrogen-bond donors (Lipinski definition) is 8. The van der Waals surface area contributed by atoms with Crippen LogP contribution < -0.4 is 56.3 Å². The van der Waals surface area contributed by atoms with Crippen molar-refractivity contribution in [2.24, 2.45) is 98.4 Å². The zero-order chi connectivity index (χ0) is 82.0. The Bertz CT molecular complexity index is 4350. The zero-order valence-corrected chi connectivity index (χ0v) is 79.2. The number of methoxy groups -OCH3 is 2. The summed E-state index contributed by atoms with van der Waals surface area (Å²) in [4.78, 5) is 83.1. The van der Waals surface area contributed by atoms with Crippen LogP contribution in [0.15, 0.2) is 119 Å². The molecule has 0 aliphatic heterocycles. The molecule has 0 spiro atoms. The molecule has 12 aliphatic rings. The number of benzene rings is 3. The van der Waals surface area contributed by atoms with E-state index in [-0.39, 0.29) is 168 Å². The van der Waals surface area contributed by atoms with Crippen LogP contribution in [0.1, 0.15) is 241 Å². The molecule has 3 amide bonds. The van der Waals surface area contributed by atoms with Gasteiger partial charge in [-0.05, 0) is 282 Å². The Hall–Kier alpha value is -5.41. The molecule has 18 nitrogen and oxygen atoms in total. The van der Waals surface area contributed by atoms with Crippen molar-refractivity contribution in [3.05, 3.63) is 136 Å². The van der Waals surface area contributed by atoms with Gasteiger partial charge in [-0.25, -0.2) is 0 Å². The Balaban J connectivity index is 0.000000178. The van der Waals surface area contributed by atoms with Gasteiger partial charge in [-0.2, -0.15) is 0 Å². The first-order valence-electron chi connectivity index (χ1n) is 41.8. The molecule has 4 unspecified atom stereocenters. The minimum absolute atomic E-state index is 0. The molecule has 3 aromatic heterocycles. The van der Waals surface area contributed by atoms with Crippen molar-refractivity contribution in [1.29, 1.82) is 0 Å². The summed E-state index contributed by atoms with van der Waals surface area (Å²) < 4.78 is 12.3. The van der Waals surface area contributed by atoms with Crippen molar-refractivity contribution in [1.82, 2.24) is 16.0 Å². The van der Waals surface area contributed by atoms with Crippen molar-refractivity contribution in [2.75, 3.05) is 14.2 Å². The normalized spacial score (nSPS) is 27.4. The molecule has 3 heterocycles. The zero-order valence-electron chi connectivity index (χ0n) is 70.0. The van der Waals surface area contributed by atoms with Crippen LogP contribution in [0.25, 0.3) is 30.3 Å². The maximum Gasteiger partial charge on any atom is 1.00 e. The summed E-state index contributed by atoms with van der Waals surface area (Å²) >= 11 is 4.57. The maximum atomic E-state index is 13.3. The van der Waals surface area contributed by atoms with Gasteiger partial charge < -0.3 is 61.5 Å². The van der Waals surface area contributed by atoms with Crippen LogP contribution in [0.2, 0.25) is 0 Å². The summed E-state index contributed by atoms with van der Waals surface area (Å²) in [6.07, 6.45) is 38.1. The van der Waals surface area contributed by atoms with E-state index in [2.05, 4.69) is 129 Å². The molecule has 12 saturated carbocycles. The van der Waals surface area contributed by atoms with Gasteiger partial charge in [0.05, 0.1) is 30.9 Å². The number of hydrogen-bond acceptors (Lipinski definition) is 17. The summed E-state index contributed by atoms with van der Waals surface area (Å²) in [5, 5.41) is 67.1. The number of aromatic hydroxyl groups is 3. The molecule has 18 rings (SSSR count). The number of ether oxygens (including phenoxy) is 2. The number of nitrogens with two attached hydrogens (primary N) is 1. The molecule has 8 bridgehead atoms. The number of aliphatic carboxylic acids is 2. The third-order valence-corrected chi connectivity index (χ3v) is 31.4. The summed E-state index contributed by atoms with van der Waals surface area (Å²) in [7, 11) is 2.86. The number of amides is 3. The van der Waals surface area contributed by atoms with Gasteiger partial charge >= 0.3 is 47.5 Å². The Labute approximate surface area is 756 Å². The molecule has 12 fully saturated rings. The van der Waals surface area contributed by atoms with Crippen molar-refractivity contribution < 1.29 is 142 Å². The van der Waals surface area contributed by atoms with Crippen molar-refractivity contribution in [3.8, 4) is 17.2 Å². The third kappa shape index (κ3) is 22.5. The van der Waals surface area contributed by atoms with Crippen molar-refractivity contribution in [3.63, 3.8) is 0 Å². The fraction of sp³-hybridized carbons (Fsp3) is 0.581. The average Bonchev–Trinajstić information content (AvgIpc) is 0.922. The number of rotatable bonds is 30. The third-order valence-electron chi connectivity index (χ3n) is 28.6. The molecule has 0 saturated heterocycles. The maximum absolute atomic E-state index is 13.3. The van der Waals surface area contributed by atoms with E-state index in [4.69, 9.17) is 10.8 Å². The van der Waals surface area contributed by atoms with Crippen molar-refractivity contribution in [2.45, 2.75) is 234 Å². The summed E-state index contributed by atoms with van der Waals surface area (Å²) in [6.45, 7) is 18.7. The topological polar surface area (TPSA) is 304 Å². The molecule has 116 heavy (non-hydrogen) atoms. The van der Waals surface area contributed by atoms with Gasteiger partial charge in [0.15, 0.2) is 0 Å². The van der Waals surface area contributed by atoms with Crippen LogP contribution >= 0.6 is 34.0 Å². The van der Waals surface area contributed by atoms with E-state index in [1.807, 2.05) is 34.3 Å². The Morgan fingerprint density at radius 2 is 0.724 bits per heavy atom. The second-order valence-corrected chi connectivity index (χ2v) is 39.0. The fourth-order valence-electron chi connectivity index (χ4n) is 20.8. The second kappa shape index (κ2) is 41.9. The number of esters is 2. The fourth-order valence-corrected chi connectivity index (χ4v) is 23.6. The van der Waals surface area contributed by atoms with Crippen LogP contribution in [0.5, 0.6) is 17.2 Å². The van der Waals surface area contributed by atoms with Crippen LogP contribution in [0.4, 0.5) is 0 Å². The Kier molecular flexibility index (Phi) is 34.1. The standard InChI is InChI=1S/C26H33NO4S.2C25H31NO4S.C17H29NO2.Ac.Na/c1-26(2)17-12-16(8-6-4-5-7-9-23(29)31-3)24(21(26)13-17)27-25(30)20-15-32-22-11-10-18(28)14-19(20)22;2*1-25(2)16-11-15(7-5-3-4-6-8-22(28)29)23(20(25)12-16)26-24(30)19-14-31-21-10-9-17(27)13-18(19)21;1-17(2)13-10-12(16(18)14(17)11-13)8-6-4-5-7-9-15(19)20-3;;/h4,6,10-11,14-17,21,24,28H,5,7-9,12-13H2,1-3H3,(H,27,30);2*3,5,9-10,13-16,20,23,27H,4,6-8,11-12H2,1-2H3,(H,26,30)(H,28,29);4,6,12-14,16H,5,7-11,18H2,1-3H3;;/q;;;;;+1/p-1/b6-4-;2*5-3-;6-4-;;/t16-,17-,21-,24?;2*15-,16-,20-,23?;12-,13-,14-,16?;;/m0000../s1. The van der Waals surface area contributed by atoms with E-state index < -0.39 is 11.9 Å². The molecule has 6 aromatic rings. The smallest absolute Gasteiger partial charge is 0.550 e. The first-order chi connectivity index (χ1) is 54.3. The molecular weight excluding hydrogens is 1740 g/mol. The molecule has 1 radical (unpaired) electrons. The van der Waals surface area contributed by atoms with Gasteiger partial charge in [-0.1, -0.05) is 104 Å². The van der Waals surface area contributed by atoms with Gasteiger partial charge in [0.1, 0.15) is 17.2 Å². The summed E-state index contributed by atoms with van der Waals surface area (Å²) in [6, 6.07) is 16.3. The number of phenols is 3. The predicted octanol–water partition coefficient (Wildman–Crippen LogP) is 15.8. The molecule has 9 N–H and O–H groups in total. The van der Waals surface area contributed by atoms with Crippen molar-refractivity contribution >= 4 is 106 Å². The van der Waals surface area contributed by atoms with E-state index in [1.54, 1.807) is 36.4 Å². The molecule has 621 valence electrons. The monoisotopic (exact) mass is 1870 g/mol. The second-order valence-electron chi connectivity index (χ2n) is 36.3. The van der Waals surface area contributed by atoms with Gasteiger partial charge in [-0.3, -0.25) is 28.8 Å². The van der Waals surface area contributed by atoms with E-state index in [0.717, 1.165) is 138 Å². The van der Waals surface area contributed by atoms with E-state index in [0.29, 0.717) is 107 Å². The molecule has 3 aromatic carbocycles. The van der Waals surface area contributed by atoms with Crippen LogP contribution in [0.3, 0.4) is 0 Å². The number of carbonyl (C=O) groups is 7. The van der Waals surface area contributed by atoms with E-state index in [1.165, 1.54) is 73.9 Å². The van der Waals surface area contributed by atoms with Crippen LogP contribution in [0, 0.1) is 137 Å². The van der Waals surface area contributed by atoms with E-state index >= 15 is 0 Å². The molecule has 16 atom stereocenters. The number of thiophene rings is 3. The molecule has 12 aliphatic carbocycles. The predicted molar refractivity (Wildman–Crippen MR) is 453 cm³/mol. The number of fused-ring (bicyclic) bond motifs is 11. The number of carbonyl (C=O) groups excluding carboxylic acids is 6. The number of carboxylic acids is 2. The van der Waals surface area contributed by atoms with Crippen LogP contribution in [-0.2, 0) is 28.7 Å². The van der Waals surface area contributed by atoms with Gasteiger partial charge in [0.2, 0.25) is 0 Å². The number of unbranched alkanes of at least 4 members (excludes halogenated alkanes) is 4. The first-order valence-corrected chi connectivity index (χ1v) is 44.4. The van der Waals surface area contributed by atoms with Gasteiger partial charge in [-0.15, -0.1) is 34.0 Å². The SMILES string of the molecule is CC1(C)[C@H]2C[C@H](C/C=C\CCCC(=O)O)C(NC(=O)c3csc4ccc(O)cc34)[C@@H]1C2.CC1(C)[C@H]2C[C@H](C/C=C\CCCC(=O)[O-])C(NC(=O)c3csc4ccc(O)cc34)[C@@H]1C2.COC(=O)CCC/C=C\C[C@H]1C[C@H]2C[C@@H](C1N)C2(C)C.COC(=O)CCC/C=C\C[C@H]1C[C@H]2C[C@@H](C1NC(=O)c1csc3ccc(O)cc13)C2(C)C.[Ac].[Na+]. The largest absolute Gasteiger partial charge is 1.00 e. The van der Waals surface area contributed by atoms with Gasteiger partial charge in [0, 0.05) is 140 Å².